The number of primary amides is 1. The number of aliphatic carboxylic acids is 1. The van der Waals surface area contributed by atoms with Crippen LogP contribution >= 0.6 is 0 Å². The highest BCUT2D eigenvalue weighted by atomic mass is 16.4. The summed E-state index contributed by atoms with van der Waals surface area (Å²) in [5, 5.41) is 20.2. The molecule has 3 amide bonds. The number of nitrogens with zero attached hydrogens (tertiary/aromatic N) is 1. The van der Waals surface area contributed by atoms with Crippen LogP contribution in [0.5, 0.6) is 0 Å². The van der Waals surface area contributed by atoms with Crippen molar-refractivity contribution in [2.24, 2.45) is 5.73 Å². The van der Waals surface area contributed by atoms with Gasteiger partial charge in [-0.05, 0) is 0 Å². The summed E-state index contributed by atoms with van der Waals surface area (Å²) in [6.45, 7) is -0.431. The molecule has 2 atom stereocenters. The Morgan fingerprint density at radius 2 is 2.06 bits per heavy atom. The van der Waals surface area contributed by atoms with Crippen molar-refractivity contribution in [1.29, 1.82) is 0 Å². The summed E-state index contributed by atoms with van der Waals surface area (Å²) in [4.78, 5) is 33.6. The van der Waals surface area contributed by atoms with E-state index in [9.17, 15) is 19.5 Å². The van der Waals surface area contributed by atoms with E-state index in [0.717, 1.165) is 4.90 Å². The number of nitrogens with two attached hydrogens (primary N) is 1. The molecule has 1 fully saturated rings. The highest BCUT2D eigenvalue weighted by molar-refractivity contribution is 5.86. The third-order valence-corrected chi connectivity index (χ3v) is 2.24. The van der Waals surface area contributed by atoms with Crippen LogP contribution in [0, 0.1) is 0 Å². The van der Waals surface area contributed by atoms with Crippen molar-refractivity contribution in [3.8, 4) is 0 Å². The first kappa shape index (κ1) is 12.2. The number of aliphatic hydroxyl groups is 1. The highest BCUT2D eigenvalue weighted by Crippen LogP contribution is 2.17. The number of carboxylic acids is 1. The van der Waals surface area contributed by atoms with Crippen LogP contribution in [-0.2, 0) is 9.59 Å². The molecule has 1 aliphatic rings. The van der Waals surface area contributed by atoms with E-state index in [4.69, 9.17) is 10.8 Å². The fourth-order valence-corrected chi connectivity index (χ4v) is 1.54. The summed E-state index contributed by atoms with van der Waals surface area (Å²) in [5.74, 6) is -1.91. The van der Waals surface area contributed by atoms with E-state index >= 15 is 0 Å². The zero-order chi connectivity index (χ0) is 12.3. The van der Waals surface area contributed by atoms with E-state index in [1.807, 2.05) is 0 Å². The molecule has 5 N–H and O–H groups in total. The molecule has 0 aliphatic carbocycles. The van der Waals surface area contributed by atoms with E-state index in [-0.39, 0.29) is 19.5 Å². The minimum absolute atomic E-state index is 0.0146. The maximum absolute atomic E-state index is 11.4. The Balaban J connectivity index is 2.59. The van der Waals surface area contributed by atoms with Crippen LogP contribution in [0.25, 0.3) is 0 Å². The van der Waals surface area contributed by atoms with Crippen LogP contribution < -0.4 is 11.1 Å². The Labute approximate surface area is 91.0 Å². The molecule has 0 saturated carbocycles. The molecule has 8 heteroatoms. The summed E-state index contributed by atoms with van der Waals surface area (Å²) in [6.07, 6.45) is -0.875. The second-order valence-corrected chi connectivity index (χ2v) is 3.52. The monoisotopic (exact) mass is 231 g/mol. The first-order valence-electron chi connectivity index (χ1n) is 4.65. The average molecular weight is 231 g/mol. The minimum Gasteiger partial charge on any atom is -0.480 e. The van der Waals surface area contributed by atoms with Gasteiger partial charge in [0.25, 0.3) is 0 Å². The number of rotatable bonds is 3. The van der Waals surface area contributed by atoms with Crippen molar-refractivity contribution < 1.29 is 24.6 Å². The molecular weight excluding hydrogens is 218 g/mol. The molecule has 8 nitrogen and oxygen atoms in total. The SMILES string of the molecule is NC(=O)CNC(=O)N1C[C@@H](O)C[C@H]1C(=O)O. The Bertz CT molecular complexity index is 319. The molecule has 1 aliphatic heterocycles. The molecule has 0 bridgehead atoms. The number of amides is 3. The Kier molecular flexibility index (Phi) is 3.67. The molecule has 1 rings (SSSR count). The lowest BCUT2D eigenvalue weighted by molar-refractivity contribution is -0.141. The smallest absolute Gasteiger partial charge is 0.326 e. The van der Waals surface area contributed by atoms with Crippen molar-refractivity contribution in [1.82, 2.24) is 10.2 Å². The van der Waals surface area contributed by atoms with Gasteiger partial charge in [-0.2, -0.15) is 0 Å². The van der Waals surface area contributed by atoms with Gasteiger partial charge in [-0.25, -0.2) is 9.59 Å². The molecule has 0 spiro atoms. The summed E-state index contributed by atoms with van der Waals surface area (Å²) in [7, 11) is 0. The fraction of sp³-hybridized carbons (Fsp3) is 0.625. The average Bonchev–Trinajstić information content (AvgIpc) is 2.56. The molecule has 1 saturated heterocycles. The topological polar surface area (TPSA) is 133 Å². The summed E-state index contributed by atoms with van der Waals surface area (Å²) >= 11 is 0. The molecule has 0 aromatic rings. The van der Waals surface area contributed by atoms with Gasteiger partial charge in [-0.1, -0.05) is 0 Å². The summed E-state index contributed by atoms with van der Waals surface area (Å²) in [6, 6.07) is -1.79. The number of carbonyl (C=O) groups is 3. The van der Waals surface area contributed by atoms with Crippen LogP contribution in [-0.4, -0.2) is 58.3 Å². The number of nitrogens with one attached hydrogen (secondary N) is 1. The normalized spacial score (nSPS) is 24.2. The summed E-state index contributed by atoms with van der Waals surface area (Å²) in [5.41, 5.74) is 4.82. The van der Waals surface area contributed by atoms with Crippen LogP contribution in [0.3, 0.4) is 0 Å². The minimum atomic E-state index is -1.19. The number of carbonyl (C=O) groups excluding carboxylic acids is 2. The zero-order valence-corrected chi connectivity index (χ0v) is 8.42. The van der Waals surface area contributed by atoms with Gasteiger partial charge in [0.15, 0.2) is 0 Å². The van der Waals surface area contributed by atoms with Gasteiger partial charge < -0.3 is 26.2 Å². The van der Waals surface area contributed by atoms with E-state index in [0.29, 0.717) is 0 Å². The number of likely N-dealkylation sites (tertiary alicyclic amines) is 1. The van der Waals surface area contributed by atoms with Gasteiger partial charge in [0.05, 0.1) is 12.6 Å². The number of hydrogen-bond acceptors (Lipinski definition) is 4. The summed E-state index contributed by atoms with van der Waals surface area (Å²) < 4.78 is 0. The molecule has 90 valence electrons. The fourth-order valence-electron chi connectivity index (χ4n) is 1.54. The maximum Gasteiger partial charge on any atom is 0.326 e. The van der Waals surface area contributed by atoms with Crippen LogP contribution in [0.1, 0.15) is 6.42 Å². The van der Waals surface area contributed by atoms with E-state index in [1.165, 1.54) is 0 Å². The molecule has 0 radical (unpaired) electrons. The molecule has 0 aromatic carbocycles. The van der Waals surface area contributed by atoms with Gasteiger partial charge in [-0.15, -0.1) is 0 Å². The second kappa shape index (κ2) is 4.79. The number of β-amino-alcohol motifs (C(OH)–C–C–N with tert-alkyl or cyclic N) is 1. The highest BCUT2D eigenvalue weighted by Gasteiger charge is 2.38. The van der Waals surface area contributed by atoms with Crippen molar-refractivity contribution in [3.05, 3.63) is 0 Å². The molecule has 0 unspecified atom stereocenters. The van der Waals surface area contributed by atoms with Crippen molar-refractivity contribution in [3.63, 3.8) is 0 Å². The molecule has 0 aromatic heterocycles. The largest absolute Gasteiger partial charge is 0.480 e. The Hall–Kier alpha value is -1.83. The quantitative estimate of drug-likeness (QED) is 0.433. The van der Waals surface area contributed by atoms with Gasteiger partial charge in [-0.3, -0.25) is 4.79 Å². The first-order chi connectivity index (χ1) is 7.41. The van der Waals surface area contributed by atoms with Crippen molar-refractivity contribution >= 4 is 17.9 Å². The molecular formula is C8H13N3O5. The second-order valence-electron chi connectivity index (χ2n) is 3.52. The van der Waals surface area contributed by atoms with Gasteiger partial charge in [0.1, 0.15) is 6.04 Å². The van der Waals surface area contributed by atoms with Gasteiger partial charge >= 0.3 is 12.0 Å². The maximum atomic E-state index is 11.4. The lowest BCUT2D eigenvalue weighted by atomic mass is 10.2. The van der Waals surface area contributed by atoms with Crippen molar-refractivity contribution in [2.75, 3.05) is 13.1 Å². The zero-order valence-electron chi connectivity index (χ0n) is 8.42. The third-order valence-electron chi connectivity index (χ3n) is 2.24. The van der Waals surface area contributed by atoms with Gasteiger partial charge in [0, 0.05) is 13.0 Å². The number of urea groups is 1. The first-order valence-corrected chi connectivity index (χ1v) is 4.65. The van der Waals surface area contributed by atoms with E-state index < -0.39 is 30.1 Å². The number of hydrogen-bond donors (Lipinski definition) is 4. The van der Waals surface area contributed by atoms with E-state index in [2.05, 4.69) is 5.32 Å². The van der Waals surface area contributed by atoms with Crippen LogP contribution in [0.4, 0.5) is 4.79 Å². The van der Waals surface area contributed by atoms with Crippen molar-refractivity contribution in [2.45, 2.75) is 18.6 Å². The standard InChI is InChI=1S/C8H13N3O5/c9-6(13)2-10-8(16)11-3-4(12)1-5(11)7(14)15/h4-5,12H,1-3H2,(H2,9,13)(H,10,16)(H,14,15)/t4-,5-/m0/s1. The predicted octanol–water partition coefficient (Wildman–Crippen LogP) is -2.30. The Morgan fingerprint density at radius 3 is 2.56 bits per heavy atom. The molecule has 16 heavy (non-hydrogen) atoms. The third kappa shape index (κ3) is 2.83. The predicted molar refractivity (Wildman–Crippen MR) is 51.3 cm³/mol. The number of carboxylic acid groups (broad SMARTS) is 1. The van der Waals surface area contributed by atoms with E-state index in [1.54, 1.807) is 0 Å². The molecule has 1 heterocycles. The van der Waals surface area contributed by atoms with Gasteiger partial charge in [0.2, 0.25) is 5.91 Å². The van der Waals surface area contributed by atoms with Crippen LogP contribution in [0.2, 0.25) is 0 Å². The van der Waals surface area contributed by atoms with Crippen LogP contribution in [0.15, 0.2) is 0 Å². The lowest BCUT2D eigenvalue weighted by Gasteiger charge is -2.20. The Morgan fingerprint density at radius 1 is 1.44 bits per heavy atom. The lowest BCUT2D eigenvalue weighted by Crippen LogP contribution is -2.48. The number of aliphatic hydroxyl groups excluding tert-OH is 1.